The molecule has 2 aromatic carbocycles. The third kappa shape index (κ3) is 4.08. The molecule has 0 bridgehead atoms. The predicted molar refractivity (Wildman–Crippen MR) is 112 cm³/mol. The lowest BCUT2D eigenvalue weighted by Gasteiger charge is -2.11. The fourth-order valence-electron chi connectivity index (χ4n) is 3.08. The molecule has 0 amide bonds. The van der Waals surface area contributed by atoms with Crippen LogP contribution in [0.3, 0.4) is 0 Å². The quantitative estimate of drug-likeness (QED) is 0.517. The molecule has 4 aromatic rings. The summed E-state index contributed by atoms with van der Waals surface area (Å²) in [5.74, 6) is 2.10. The second kappa shape index (κ2) is 8.52. The minimum atomic E-state index is 0.563. The number of fused-ring (bicyclic) bond motifs is 1. The van der Waals surface area contributed by atoms with Crippen molar-refractivity contribution < 1.29 is 9.47 Å². The third-order valence-electron chi connectivity index (χ3n) is 4.57. The van der Waals surface area contributed by atoms with E-state index in [0.29, 0.717) is 23.5 Å². The van der Waals surface area contributed by atoms with Gasteiger partial charge in [0.2, 0.25) is 0 Å². The first-order valence-corrected chi connectivity index (χ1v) is 9.26. The van der Waals surface area contributed by atoms with Crippen molar-refractivity contribution in [3.05, 3.63) is 66.6 Å². The highest BCUT2D eigenvalue weighted by Crippen LogP contribution is 2.28. The van der Waals surface area contributed by atoms with Crippen LogP contribution in [0, 0.1) is 0 Å². The summed E-state index contributed by atoms with van der Waals surface area (Å²) in [5.41, 5.74) is 4.14. The number of ether oxygens (including phenoxy) is 2. The highest BCUT2D eigenvalue weighted by Gasteiger charge is 2.09. The summed E-state index contributed by atoms with van der Waals surface area (Å²) in [6.07, 6.45) is 4.02. The summed E-state index contributed by atoms with van der Waals surface area (Å²) >= 11 is 0. The van der Waals surface area contributed by atoms with E-state index in [1.165, 1.54) is 6.33 Å². The Morgan fingerprint density at radius 2 is 1.72 bits per heavy atom. The lowest BCUT2D eigenvalue weighted by molar-refractivity contribution is 0.354. The van der Waals surface area contributed by atoms with E-state index in [2.05, 4.69) is 20.3 Å². The highest BCUT2D eigenvalue weighted by atomic mass is 16.5. The first-order chi connectivity index (χ1) is 14.3. The zero-order chi connectivity index (χ0) is 20.1. The summed E-state index contributed by atoms with van der Waals surface area (Å²) in [5, 5.41) is 3.36. The lowest BCUT2D eigenvalue weighted by Crippen LogP contribution is -2.08. The molecule has 4 rings (SSSR count). The molecule has 1 N–H and O–H groups in total. The van der Waals surface area contributed by atoms with Crippen LogP contribution in [0.4, 0.5) is 5.82 Å². The number of nitrogens with zero attached hydrogens (tertiary/aromatic N) is 4. The average molecular weight is 387 g/mol. The van der Waals surface area contributed by atoms with Crippen molar-refractivity contribution in [2.24, 2.45) is 0 Å². The molecule has 0 unspecified atom stereocenters. The Morgan fingerprint density at radius 1 is 0.897 bits per heavy atom. The molecule has 146 valence electrons. The molecule has 0 fully saturated rings. The molecule has 29 heavy (non-hydrogen) atoms. The van der Waals surface area contributed by atoms with E-state index < -0.39 is 0 Å². The summed E-state index contributed by atoms with van der Waals surface area (Å²) in [7, 11) is 3.26. The summed E-state index contributed by atoms with van der Waals surface area (Å²) < 4.78 is 10.7. The second-order valence-electron chi connectivity index (χ2n) is 6.38. The van der Waals surface area contributed by atoms with Crippen molar-refractivity contribution in [2.45, 2.75) is 6.42 Å². The maximum Gasteiger partial charge on any atom is 0.183 e. The second-order valence-corrected chi connectivity index (χ2v) is 6.38. The van der Waals surface area contributed by atoms with Gasteiger partial charge in [-0.2, -0.15) is 0 Å². The first kappa shape index (κ1) is 18.6. The van der Waals surface area contributed by atoms with Gasteiger partial charge in [-0.1, -0.05) is 36.4 Å². The van der Waals surface area contributed by atoms with Crippen molar-refractivity contribution >= 4 is 17.0 Å². The van der Waals surface area contributed by atoms with Crippen LogP contribution in [-0.2, 0) is 6.42 Å². The van der Waals surface area contributed by atoms with Crippen LogP contribution < -0.4 is 14.8 Å². The van der Waals surface area contributed by atoms with Gasteiger partial charge in [0.1, 0.15) is 6.33 Å². The van der Waals surface area contributed by atoms with E-state index in [9.17, 15) is 0 Å². The molecule has 0 aliphatic carbocycles. The summed E-state index contributed by atoms with van der Waals surface area (Å²) in [6, 6.07) is 15.8. The molecule has 0 radical (unpaired) electrons. The number of anilines is 1. The number of hydrogen-bond donors (Lipinski definition) is 1. The fraction of sp³-hybridized carbons (Fsp3) is 0.182. The normalized spacial score (nSPS) is 10.7. The molecule has 0 saturated heterocycles. The van der Waals surface area contributed by atoms with Crippen LogP contribution in [0.1, 0.15) is 5.56 Å². The van der Waals surface area contributed by atoms with Crippen molar-refractivity contribution in [1.82, 2.24) is 19.9 Å². The number of methoxy groups -OCH3 is 2. The van der Waals surface area contributed by atoms with Gasteiger partial charge in [0, 0.05) is 12.1 Å². The van der Waals surface area contributed by atoms with Crippen LogP contribution in [0.2, 0.25) is 0 Å². The zero-order valence-electron chi connectivity index (χ0n) is 16.3. The van der Waals surface area contributed by atoms with E-state index in [-0.39, 0.29) is 0 Å². The Labute approximate surface area is 168 Å². The largest absolute Gasteiger partial charge is 0.493 e. The number of rotatable bonds is 7. The van der Waals surface area contributed by atoms with Crippen LogP contribution in [0.15, 0.2) is 61.1 Å². The average Bonchev–Trinajstić information content (AvgIpc) is 2.79. The van der Waals surface area contributed by atoms with E-state index >= 15 is 0 Å². The van der Waals surface area contributed by atoms with Gasteiger partial charge in [-0.25, -0.2) is 19.9 Å². The molecule has 2 heterocycles. The Morgan fingerprint density at radius 3 is 2.52 bits per heavy atom. The van der Waals surface area contributed by atoms with Crippen molar-refractivity contribution in [1.29, 1.82) is 0 Å². The summed E-state index contributed by atoms with van der Waals surface area (Å²) in [6.45, 7) is 0.679. The Balaban J connectivity index is 1.53. The Bertz CT molecular complexity index is 1120. The van der Waals surface area contributed by atoms with Gasteiger partial charge < -0.3 is 14.8 Å². The number of hydrogen-bond acceptors (Lipinski definition) is 7. The van der Waals surface area contributed by atoms with Crippen LogP contribution in [-0.4, -0.2) is 40.7 Å². The van der Waals surface area contributed by atoms with Gasteiger partial charge in [0.25, 0.3) is 0 Å². The van der Waals surface area contributed by atoms with Gasteiger partial charge in [0.05, 0.1) is 26.1 Å². The lowest BCUT2D eigenvalue weighted by atomic mass is 10.1. The predicted octanol–water partition coefficient (Wildman–Crippen LogP) is 3.76. The molecule has 0 aliphatic heterocycles. The third-order valence-corrected chi connectivity index (χ3v) is 4.57. The highest BCUT2D eigenvalue weighted by molar-refractivity contribution is 5.83. The number of benzene rings is 2. The zero-order valence-corrected chi connectivity index (χ0v) is 16.3. The SMILES string of the molecule is COc1ccc(CCNc2ncnc3ncc(-c4ccccc4)nc23)cc1OC. The molecule has 0 spiro atoms. The van der Waals surface area contributed by atoms with Crippen LogP contribution in [0.25, 0.3) is 22.4 Å². The molecule has 7 nitrogen and oxygen atoms in total. The van der Waals surface area contributed by atoms with Crippen molar-refractivity contribution in [3.8, 4) is 22.8 Å². The van der Waals surface area contributed by atoms with E-state index in [0.717, 1.165) is 34.7 Å². The molecule has 0 atom stereocenters. The fourth-order valence-corrected chi connectivity index (χ4v) is 3.08. The van der Waals surface area contributed by atoms with Gasteiger partial charge in [-0.05, 0) is 24.1 Å². The minimum absolute atomic E-state index is 0.563. The van der Waals surface area contributed by atoms with Gasteiger partial charge >= 0.3 is 0 Å². The minimum Gasteiger partial charge on any atom is -0.493 e. The Kier molecular flexibility index (Phi) is 5.47. The molecule has 0 aliphatic rings. The molecule has 7 heteroatoms. The molecule has 2 aromatic heterocycles. The molecule has 0 saturated carbocycles. The van der Waals surface area contributed by atoms with Gasteiger partial charge in [0.15, 0.2) is 28.5 Å². The van der Waals surface area contributed by atoms with E-state index in [1.54, 1.807) is 20.4 Å². The van der Waals surface area contributed by atoms with E-state index in [4.69, 9.17) is 14.5 Å². The molecular weight excluding hydrogens is 366 g/mol. The monoisotopic (exact) mass is 387 g/mol. The van der Waals surface area contributed by atoms with Crippen LogP contribution in [0.5, 0.6) is 11.5 Å². The first-order valence-electron chi connectivity index (χ1n) is 9.26. The van der Waals surface area contributed by atoms with Gasteiger partial charge in [-0.15, -0.1) is 0 Å². The van der Waals surface area contributed by atoms with Gasteiger partial charge in [-0.3, -0.25) is 0 Å². The smallest absolute Gasteiger partial charge is 0.183 e. The standard InChI is InChI=1S/C22H21N5O2/c1-28-18-9-8-15(12-19(18)29-2)10-11-23-21-20-22(26-14-25-21)24-13-17(27-20)16-6-4-3-5-7-16/h3-9,12-14H,10-11H2,1-2H3,(H,23,24,25,26). The summed E-state index contributed by atoms with van der Waals surface area (Å²) in [4.78, 5) is 17.8. The maximum absolute atomic E-state index is 5.37. The number of aromatic nitrogens is 4. The van der Waals surface area contributed by atoms with Crippen molar-refractivity contribution in [3.63, 3.8) is 0 Å². The Hall–Kier alpha value is -3.74. The molecular formula is C22H21N5O2. The maximum atomic E-state index is 5.37. The number of nitrogens with one attached hydrogen (secondary N) is 1. The topological polar surface area (TPSA) is 82.0 Å². The van der Waals surface area contributed by atoms with E-state index in [1.807, 2.05) is 48.5 Å². The van der Waals surface area contributed by atoms with Crippen LogP contribution >= 0.6 is 0 Å². The van der Waals surface area contributed by atoms with Crippen molar-refractivity contribution in [2.75, 3.05) is 26.1 Å².